The topological polar surface area (TPSA) is 38.7 Å². The summed E-state index contributed by atoms with van der Waals surface area (Å²) in [5, 5.41) is 0. The lowest BCUT2D eigenvalue weighted by molar-refractivity contribution is 1.33. The van der Waals surface area contributed by atoms with E-state index in [2.05, 4.69) is 15.0 Å². The Morgan fingerprint density at radius 1 is 0.286 bits per heavy atom. The van der Waals surface area contributed by atoms with Crippen molar-refractivity contribution in [3.8, 4) is 0 Å². The summed E-state index contributed by atoms with van der Waals surface area (Å²) >= 11 is 0. The summed E-state index contributed by atoms with van der Waals surface area (Å²) in [5.74, 6) is 0. The molecule has 0 aromatic carbocycles. The van der Waals surface area contributed by atoms with Crippen LogP contribution in [0, 0.1) is 0 Å². The summed E-state index contributed by atoms with van der Waals surface area (Å²) < 4.78 is 0. The first-order chi connectivity index (χ1) is 9.00. The monoisotopic (exact) mass is 621 g/mol. The lowest BCUT2D eigenvalue weighted by Gasteiger charge is -1.70. The summed E-state index contributed by atoms with van der Waals surface area (Å²) in [5.41, 5.74) is 0. The molecule has 0 N–H and O–H groups in total. The minimum atomic E-state index is 0. The Morgan fingerprint density at radius 3 is 0.524 bits per heavy atom. The predicted molar refractivity (Wildman–Crippen MR) is 119 cm³/mol. The van der Waals surface area contributed by atoms with Crippen molar-refractivity contribution in [3.63, 3.8) is 0 Å². The fourth-order valence-electron chi connectivity index (χ4n) is 0.938. The van der Waals surface area contributed by atoms with Crippen molar-refractivity contribution in [3.05, 3.63) is 91.8 Å². The van der Waals surface area contributed by atoms with Crippen LogP contribution in [0.25, 0.3) is 0 Å². The normalized spacial score (nSPS) is 6.86. The van der Waals surface area contributed by atoms with Crippen LogP contribution in [0.4, 0.5) is 0 Å². The molecule has 21 heavy (non-hydrogen) atoms. The smallest absolute Gasteiger partial charge is 0.0267 e. The molecule has 0 saturated carbocycles. The van der Waals surface area contributed by atoms with E-state index >= 15 is 0 Å². The van der Waals surface area contributed by atoms with Crippen LogP contribution in [0.1, 0.15) is 0 Å². The minimum Gasteiger partial charge on any atom is -0.265 e. The first-order valence-corrected chi connectivity index (χ1v) is 5.55. The third kappa shape index (κ3) is 19.6. The van der Waals surface area contributed by atoms with Gasteiger partial charge in [-0.25, -0.2) is 0 Å². The van der Waals surface area contributed by atoms with Crippen molar-refractivity contribution in [2.24, 2.45) is 0 Å². The SMILES string of the molecule is I.I.I.c1ccncc1.c1ccncc1.c1ccncc1. The van der Waals surface area contributed by atoms with Gasteiger partial charge < -0.3 is 0 Å². The highest BCUT2D eigenvalue weighted by atomic mass is 127. The van der Waals surface area contributed by atoms with Crippen LogP contribution in [0.2, 0.25) is 0 Å². The quantitative estimate of drug-likeness (QED) is 0.329. The highest BCUT2D eigenvalue weighted by Gasteiger charge is 1.59. The number of rotatable bonds is 0. The van der Waals surface area contributed by atoms with Crippen molar-refractivity contribution in [1.29, 1.82) is 0 Å². The van der Waals surface area contributed by atoms with Gasteiger partial charge in [0.15, 0.2) is 0 Å². The lowest BCUT2D eigenvalue weighted by Crippen LogP contribution is -1.58. The van der Waals surface area contributed by atoms with Gasteiger partial charge in [-0.2, -0.15) is 0 Å². The van der Waals surface area contributed by atoms with Crippen LogP contribution in [-0.2, 0) is 0 Å². The lowest BCUT2D eigenvalue weighted by atomic mass is 10.5. The van der Waals surface area contributed by atoms with E-state index < -0.39 is 0 Å². The van der Waals surface area contributed by atoms with Crippen molar-refractivity contribution in [1.82, 2.24) is 15.0 Å². The van der Waals surface area contributed by atoms with E-state index in [-0.39, 0.29) is 71.9 Å². The van der Waals surface area contributed by atoms with Crippen LogP contribution < -0.4 is 0 Å². The number of hydrogen-bond acceptors (Lipinski definition) is 3. The average molecular weight is 621 g/mol. The molecule has 0 aliphatic rings. The second-order valence-electron chi connectivity index (χ2n) is 3.07. The van der Waals surface area contributed by atoms with Gasteiger partial charge in [-0.3, -0.25) is 15.0 Å². The molecule has 3 rings (SSSR count). The molecule has 3 aromatic rings. The van der Waals surface area contributed by atoms with Crippen LogP contribution in [0.5, 0.6) is 0 Å². The van der Waals surface area contributed by atoms with Gasteiger partial charge in [0.2, 0.25) is 0 Å². The first kappa shape index (κ1) is 25.6. The van der Waals surface area contributed by atoms with Gasteiger partial charge in [0.1, 0.15) is 0 Å². The number of nitrogens with zero attached hydrogens (tertiary/aromatic N) is 3. The molecule has 0 radical (unpaired) electrons. The van der Waals surface area contributed by atoms with Crippen LogP contribution in [-0.4, -0.2) is 15.0 Å². The molecule has 6 heteroatoms. The van der Waals surface area contributed by atoms with E-state index in [1.165, 1.54) is 0 Å². The third-order valence-corrected chi connectivity index (χ3v) is 1.70. The van der Waals surface area contributed by atoms with Crippen LogP contribution >= 0.6 is 71.9 Å². The molecule has 3 heterocycles. The predicted octanol–water partition coefficient (Wildman–Crippen LogP) is 5.10. The van der Waals surface area contributed by atoms with Gasteiger partial charge in [-0.05, 0) is 36.4 Å². The maximum Gasteiger partial charge on any atom is 0.0267 e. The largest absolute Gasteiger partial charge is 0.265 e. The third-order valence-electron chi connectivity index (χ3n) is 1.70. The van der Waals surface area contributed by atoms with Gasteiger partial charge in [0.05, 0.1) is 0 Å². The molecule has 0 spiro atoms. The van der Waals surface area contributed by atoms with E-state index in [4.69, 9.17) is 0 Å². The Balaban J connectivity index is -0.000000216. The van der Waals surface area contributed by atoms with E-state index in [1.807, 2.05) is 54.6 Å². The average Bonchev–Trinajstić information content (AvgIpc) is 2.54. The number of aromatic nitrogens is 3. The van der Waals surface area contributed by atoms with Crippen molar-refractivity contribution in [2.45, 2.75) is 0 Å². The maximum atomic E-state index is 3.78. The molecular weight excluding hydrogens is 603 g/mol. The van der Waals surface area contributed by atoms with E-state index in [0.29, 0.717) is 0 Å². The zero-order valence-corrected chi connectivity index (χ0v) is 18.2. The molecular formula is C15H18I3N3. The van der Waals surface area contributed by atoms with Crippen molar-refractivity contribution >= 4 is 71.9 Å². The van der Waals surface area contributed by atoms with Gasteiger partial charge in [-0.1, -0.05) is 18.2 Å². The van der Waals surface area contributed by atoms with Crippen LogP contribution in [0.3, 0.4) is 0 Å². The van der Waals surface area contributed by atoms with E-state index in [0.717, 1.165) is 0 Å². The second-order valence-corrected chi connectivity index (χ2v) is 3.07. The molecule has 114 valence electrons. The summed E-state index contributed by atoms with van der Waals surface area (Å²) in [6.07, 6.45) is 10.5. The molecule has 0 atom stereocenters. The zero-order chi connectivity index (χ0) is 12.7. The van der Waals surface area contributed by atoms with Gasteiger partial charge in [0.25, 0.3) is 0 Å². The fourth-order valence-corrected chi connectivity index (χ4v) is 0.938. The number of pyridine rings is 3. The zero-order valence-electron chi connectivity index (χ0n) is 11.2. The molecule has 3 aromatic heterocycles. The Kier molecular flexibility index (Phi) is 26.7. The Labute approximate surface area is 177 Å². The number of halogens is 3. The highest BCUT2D eigenvalue weighted by Crippen LogP contribution is 1.74. The minimum absolute atomic E-state index is 0. The molecule has 0 amide bonds. The first-order valence-electron chi connectivity index (χ1n) is 5.55. The Hall–Kier alpha value is -0.360. The molecule has 0 aliphatic carbocycles. The second kappa shape index (κ2) is 21.9. The molecule has 0 fully saturated rings. The molecule has 0 saturated heterocycles. The van der Waals surface area contributed by atoms with E-state index in [1.54, 1.807) is 37.2 Å². The van der Waals surface area contributed by atoms with Crippen molar-refractivity contribution < 1.29 is 0 Å². The Bertz CT molecular complexity index is 315. The number of hydrogen-bond donors (Lipinski definition) is 0. The molecule has 0 unspecified atom stereocenters. The Morgan fingerprint density at radius 2 is 0.476 bits per heavy atom. The summed E-state index contributed by atoms with van der Waals surface area (Å²) in [6, 6.07) is 17.1. The van der Waals surface area contributed by atoms with Gasteiger partial charge in [-0.15, -0.1) is 71.9 Å². The summed E-state index contributed by atoms with van der Waals surface area (Å²) in [4.78, 5) is 11.4. The van der Waals surface area contributed by atoms with Crippen LogP contribution in [0.15, 0.2) is 91.8 Å². The van der Waals surface area contributed by atoms with Crippen molar-refractivity contribution in [2.75, 3.05) is 0 Å². The highest BCUT2D eigenvalue weighted by molar-refractivity contribution is 14.0. The molecule has 0 aliphatic heterocycles. The summed E-state index contributed by atoms with van der Waals surface area (Å²) in [7, 11) is 0. The fraction of sp³-hybridized carbons (Fsp3) is 0. The van der Waals surface area contributed by atoms with Gasteiger partial charge in [0, 0.05) is 37.2 Å². The molecule has 3 nitrogen and oxygen atoms in total. The standard InChI is InChI=1S/3C5H5N.3HI/c3*1-2-4-6-5-3-1;;;/h3*1-5H;3*1H. The molecule has 0 bridgehead atoms. The van der Waals surface area contributed by atoms with E-state index in [9.17, 15) is 0 Å². The maximum absolute atomic E-state index is 3.78. The summed E-state index contributed by atoms with van der Waals surface area (Å²) in [6.45, 7) is 0. The van der Waals surface area contributed by atoms with Gasteiger partial charge >= 0.3 is 0 Å².